The van der Waals surface area contributed by atoms with Crippen LogP contribution in [0.4, 0.5) is 0 Å². The van der Waals surface area contributed by atoms with E-state index in [1.54, 1.807) is 0 Å². The van der Waals surface area contributed by atoms with Crippen LogP contribution >= 0.6 is 0 Å². The van der Waals surface area contributed by atoms with Crippen LogP contribution < -0.4 is 0 Å². The van der Waals surface area contributed by atoms with E-state index in [1.807, 2.05) is 0 Å². The quantitative estimate of drug-likeness (QED) is 0.405. The van der Waals surface area contributed by atoms with Crippen molar-refractivity contribution < 1.29 is 0 Å². The summed E-state index contributed by atoms with van der Waals surface area (Å²) in [4.78, 5) is 0. The van der Waals surface area contributed by atoms with Gasteiger partial charge in [0, 0.05) is 0 Å². The van der Waals surface area contributed by atoms with Crippen LogP contribution in [0.3, 0.4) is 0 Å². The van der Waals surface area contributed by atoms with Gasteiger partial charge in [0.25, 0.3) is 0 Å². The molecule has 1 aliphatic rings. The van der Waals surface area contributed by atoms with Crippen LogP contribution in [0, 0.1) is 5.92 Å². The fraction of sp³-hybridized carbons (Fsp3) is 0.429. The maximum atomic E-state index is 2.28. The average molecular weight is 106 g/mol. The number of hydrogen-bond donors (Lipinski definition) is 0. The van der Waals surface area contributed by atoms with Gasteiger partial charge in [0.15, 0.2) is 0 Å². The van der Waals surface area contributed by atoms with Crippen molar-refractivity contribution in [3.05, 3.63) is 23.7 Å². The van der Waals surface area contributed by atoms with Gasteiger partial charge in [0.2, 0.25) is 0 Å². The molecule has 1 rings (SSSR count). The van der Waals surface area contributed by atoms with Crippen molar-refractivity contribution in [1.29, 1.82) is 0 Å². The van der Waals surface area contributed by atoms with Crippen LogP contribution in [0.1, 0.15) is 13.3 Å². The highest BCUT2D eigenvalue weighted by atomic mass is 14.0. The van der Waals surface area contributed by atoms with Crippen LogP contribution in [-0.4, -0.2) is 7.85 Å². The largest absolute Gasteiger partial charge is 0.138 e. The van der Waals surface area contributed by atoms with E-state index in [-0.39, 0.29) is 0 Å². The van der Waals surface area contributed by atoms with Crippen molar-refractivity contribution >= 4 is 7.85 Å². The molecule has 0 fully saturated rings. The van der Waals surface area contributed by atoms with E-state index in [0.29, 0.717) is 0 Å². The van der Waals surface area contributed by atoms with Gasteiger partial charge < -0.3 is 0 Å². The van der Waals surface area contributed by atoms with Gasteiger partial charge >= 0.3 is 0 Å². The van der Waals surface area contributed by atoms with Gasteiger partial charge in [0.05, 0.1) is 0 Å². The Labute approximate surface area is 51.7 Å². The Morgan fingerprint density at radius 3 is 2.88 bits per heavy atom. The van der Waals surface area contributed by atoms with Crippen molar-refractivity contribution in [2.75, 3.05) is 0 Å². The zero-order chi connectivity index (χ0) is 5.98. The fourth-order valence-electron chi connectivity index (χ4n) is 0.834. The second-order valence-electron chi connectivity index (χ2n) is 2.52. The molecule has 0 spiro atoms. The van der Waals surface area contributed by atoms with Gasteiger partial charge in [-0.15, -0.1) is 0 Å². The third-order valence-electron chi connectivity index (χ3n) is 1.50. The van der Waals surface area contributed by atoms with Gasteiger partial charge in [-0.2, -0.15) is 0 Å². The molecule has 1 atom stereocenters. The molecule has 0 aliphatic heterocycles. The van der Waals surface area contributed by atoms with Gasteiger partial charge in [-0.25, -0.2) is 0 Å². The molecule has 1 aliphatic carbocycles. The van der Waals surface area contributed by atoms with E-state index >= 15 is 0 Å². The normalized spacial score (nSPS) is 27.6. The summed E-state index contributed by atoms with van der Waals surface area (Å²) >= 11 is 0. The first kappa shape index (κ1) is 5.68. The summed E-state index contributed by atoms with van der Waals surface area (Å²) < 4.78 is 0. The van der Waals surface area contributed by atoms with E-state index in [9.17, 15) is 0 Å². The smallest absolute Gasteiger partial charge is 0.0932 e. The molecule has 0 nitrogen and oxygen atoms in total. The molecule has 0 heterocycles. The first-order valence-corrected chi connectivity index (χ1v) is 3.14. The van der Waals surface area contributed by atoms with Gasteiger partial charge in [-0.1, -0.05) is 30.6 Å². The molecular weight excluding hydrogens is 94.9 g/mol. The highest BCUT2D eigenvalue weighted by Crippen LogP contribution is 2.12. The van der Waals surface area contributed by atoms with Gasteiger partial charge in [-0.05, 0) is 12.3 Å². The Hall–Kier alpha value is -0.455. The molecule has 0 saturated carbocycles. The Bertz CT molecular complexity index is 133. The Balaban J connectivity index is 2.58. The first-order valence-electron chi connectivity index (χ1n) is 3.14. The lowest BCUT2D eigenvalue weighted by molar-refractivity contribution is 0.735. The summed E-state index contributed by atoms with van der Waals surface area (Å²) in [6, 6.07) is 0. The Kier molecular flexibility index (Phi) is 1.57. The minimum absolute atomic E-state index is 0.763. The highest BCUT2D eigenvalue weighted by molar-refractivity contribution is 6.23. The summed E-state index contributed by atoms with van der Waals surface area (Å²) in [6.45, 7) is 2.24. The summed E-state index contributed by atoms with van der Waals surface area (Å²) in [7, 11) is 2.14. The third kappa shape index (κ3) is 1.26. The topological polar surface area (TPSA) is 0 Å². The second kappa shape index (κ2) is 2.21. The first-order chi connectivity index (χ1) is 3.79. The summed E-state index contributed by atoms with van der Waals surface area (Å²) in [5.74, 6) is 0.763. The number of rotatable bonds is 0. The molecule has 0 saturated heterocycles. The fourth-order valence-corrected chi connectivity index (χ4v) is 0.834. The van der Waals surface area contributed by atoms with E-state index in [4.69, 9.17) is 0 Å². The van der Waals surface area contributed by atoms with E-state index in [2.05, 4.69) is 33.0 Å². The maximum Gasteiger partial charge on any atom is 0.138 e. The molecule has 0 amide bonds. The summed E-state index contributed by atoms with van der Waals surface area (Å²) in [5, 5.41) is 0. The molecule has 1 heteroatoms. The van der Waals surface area contributed by atoms with Crippen LogP contribution in [-0.2, 0) is 0 Å². The third-order valence-corrected chi connectivity index (χ3v) is 1.50. The zero-order valence-electron chi connectivity index (χ0n) is 5.52. The number of allylic oxidation sites excluding steroid dienone is 4. The van der Waals surface area contributed by atoms with Crippen LogP contribution in [0.5, 0.6) is 0 Å². The predicted molar refractivity (Wildman–Crippen MR) is 39.5 cm³/mol. The van der Waals surface area contributed by atoms with E-state index in [0.717, 1.165) is 5.92 Å². The molecule has 0 aromatic carbocycles. The van der Waals surface area contributed by atoms with Crippen molar-refractivity contribution in [2.24, 2.45) is 5.92 Å². The minimum atomic E-state index is 0.763. The lowest BCUT2D eigenvalue weighted by Gasteiger charge is -2.07. The van der Waals surface area contributed by atoms with Crippen molar-refractivity contribution in [3.8, 4) is 0 Å². The summed E-state index contributed by atoms with van der Waals surface area (Å²) in [5.41, 5.74) is 1.41. The van der Waals surface area contributed by atoms with Crippen LogP contribution in [0.25, 0.3) is 0 Å². The highest BCUT2D eigenvalue weighted by Gasteiger charge is 1.97. The molecule has 0 aromatic rings. The van der Waals surface area contributed by atoms with Crippen molar-refractivity contribution in [3.63, 3.8) is 0 Å². The lowest BCUT2D eigenvalue weighted by Crippen LogP contribution is -1.93. The lowest BCUT2D eigenvalue weighted by atomic mass is 9.87. The predicted octanol–water partition coefficient (Wildman–Crippen LogP) is 1.10. The Morgan fingerprint density at radius 2 is 2.50 bits per heavy atom. The monoisotopic (exact) mass is 106 g/mol. The molecule has 1 unspecified atom stereocenters. The molecule has 0 bridgehead atoms. The average Bonchev–Trinajstić information content (AvgIpc) is 1.77. The van der Waals surface area contributed by atoms with Crippen LogP contribution in [0.2, 0.25) is 0 Å². The molecule has 0 radical (unpaired) electrons. The zero-order valence-corrected chi connectivity index (χ0v) is 5.52. The molecule has 0 aromatic heterocycles. The molecule has 42 valence electrons. The molecule has 8 heavy (non-hydrogen) atoms. The van der Waals surface area contributed by atoms with Crippen molar-refractivity contribution in [1.82, 2.24) is 0 Å². The SMILES string of the molecule is BC1=CCC(C)C=C1. The standard InChI is InChI=1S/C7H11B/c1-6-2-4-7(8)5-3-6/h2,4-6H,3,8H2,1H3. The summed E-state index contributed by atoms with van der Waals surface area (Å²) in [6.07, 6.45) is 7.95. The van der Waals surface area contributed by atoms with Gasteiger partial charge in [-0.3, -0.25) is 0 Å². The van der Waals surface area contributed by atoms with E-state index in [1.165, 1.54) is 11.9 Å². The van der Waals surface area contributed by atoms with E-state index < -0.39 is 0 Å². The molecular formula is C7H11B. The number of hydrogen-bond acceptors (Lipinski definition) is 0. The minimum Gasteiger partial charge on any atom is -0.0932 e. The second-order valence-corrected chi connectivity index (χ2v) is 2.52. The van der Waals surface area contributed by atoms with Crippen molar-refractivity contribution in [2.45, 2.75) is 13.3 Å². The van der Waals surface area contributed by atoms with Gasteiger partial charge in [0.1, 0.15) is 7.85 Å². The maximum absolute atomic E-state index is 2.28. The Morgan fingerprint density at radius 1 is 1.75 bits per heavy atom. The molecule has 0 N–H and O–H groups in total. The van der Waals surface area contributed by atoms with Crippen LogP contribution in [0.15, 0.2) is 23.7 Å².